The van der Waals surface area contributed by atoms with Crippen molar-refractivity contribution in [1.29, 1.82) is 0 Å². The predicted molar refractivity (Wildman–Crippen MR) is 118 cm³/mol. The fourth-order valence-corrected chi connectivity index (χ4v) is 4.59. The van der Waals surface area contributed by atoms with Gasteiger partial charge in [0.25, 0.3) is 0 Å². The predicted octanol–water partition coefficient (Wildman–Crippen LogP) is 6.49. The summed E-state index contributed by atoms with van der Waals surface area (Å²) in [6.45, 7) is 0. The van der Waals surface area contributed by atoms with Gasteiger partial charge >= 0.3 is 0 Å². The molecule has 2 atom stereocenters. The van der Waals surface area contributed by atoms with Crippen LogP contribution >= 0.6 is 27.5 Å². The van der Waals surface area contributed by atoms with Crippen LogP contribution in [-0.2, 0) is 0 Å². The normalized spacial score (nSPS) is 19.6. The molecule has 0 N–H and O–H groups in total. The number of halogens is 3. The van der Waals surface area contributed by atoms with Gasteiger partial charge < -0.3 is 9.47 Å². The fraction of sp³-hybridized carbons (Fsp3) is 0.174. The van der Waals surface area contributed by atoms with Crippen molar-refractivity contribution in [2.24, 2.45) is 5.10 Å². The monoisotopic (exact) mass is 486 g/mol. The molecule has 152 valence electrons. The van der Waals surface area contributed by atoms with Crippen LogP contribution in [0.3, 0.4) is 0 Å². The highest BCUT2D eigenvalue weighted by atomic mass is 79.9. The summed E-state index contributed by atoms with van der Waals surface area (Å²) < 4.78 is 27.2. The van der Waals surface area contributed by atoms with Crippen molar-refractivity contribution in [2.75, 3.05) is 7.11 Å². The van der Waals surface area contributed by atoms with E-state index in [1.54, 1.807) is 19.2 Å². The molecule has 0 spiro atoms. The molecule has 0 radical (unpaired) electrons. The molecule has 0 aromatic heterocycles. The van der Waals surface area contributed by atoms with Crippen molar-refractivity contribution in [1.82, 2.24) is 5.01 Å². The van der Waals surface area contributed by atoms with Crippen LogP contribution in [0.1, 0.15) is 35.4 Å². The van der Waals surface area contributed by atoms with E-state index in [0.717, 1.165) is 27.1 Å². The van der Waals surface area contributed by atoms with Crippen LogP contribution in [0, 0.1) is 5.82 Å². The first-order valence-corrected chi connectivity index (χ1v) is 10.6. The molecule has 2 aliphatic heterocycles. The summed E-state index contributed by atoms with van der Waals surface area (Å²) in [6, 6.07) is 18.1. The molecule has 3 aromatic rings. The molecule has 30 heavy (non-hydrogen) atoms. The second kappa shape index (κ2) is 7.60. The average Bonchev–Trinajstić information content (AvgIpc) is 3.20. The lowest BCUT2D eigenvalue weighted by atomic mass is 9.96. The molecule has 0 saturated carbocycles. The van der Waals surface area contributed by atoms with Gasteiger partial charge in [0.1, 0.15) is 17.3 Å². The van der Waals surface area contributed by atoms with Crippen LogP contribution < -0.4 is 9.47 Å². The largest absolute Gasteiger partial charge is 0.497 e. The zero-order valence-corrected chi connectivity index (χ0v) is 18.3. The van der Waals surface area contributed by atoms with E-state index in [-0.39, 0.29) is 11.6 Å². The zero-order valence-electron chi connectivity index (χ0n) is 16.0. The Kier molecular flexibility index (Phi) is 4.91. The van der Waals surface area contributed by atoms with E-state index in [4.69, 9.17) is 26.2 Å². The second-order valence-corrected chi connectivity index (χ2v) is 8.49. The highest BCUT2D eigenvalue weighted by Crippen LogP contribution is 2.49. The van der Waals surface area contributed by atoms with Crippen LogP contribution in [0.2, 0.25) is 5.02 Å². The molecule has 0 saturated heterocycles. The Balaban J connectivity index is 1.62. The first-order chi connectivity index (χ1) is 14.5. The number of rotatable bonds is 3. The summed E-state index contributed by atoms with van der Waals surface area (Å²) in [4.78, 5) is 0. The maximum atomic E-state index is 14.8. The molecule has 2 aliphatic rings. The lowest BCUT2D eigenvalue weighted by Crippen LogP contribution is -2.34. The summed E-state index contributed by atoms with van der Waals surface area (Å²) >= 11 is 9.92. The Bertz CT molecular complexity index is 1130. The summed E-state index contributed by atoms with van der Waals surface area (Å²) in [5.74, 6) is 1.07. The molecular formula is C23H17BrClFN2O2. The number of fused-ring (bicyclic) bond motifs is 3. The average molecular weight is 488 g/mol. The highest BCUT2D eigenvalue weighted by Gasteiger charge is 2.42. The van der Waals surface area contributed by atoms with Gasteiger partial charge in [-0.1, -0.05) is 33.6 Å². The Hall–Kier alpha value is -2.57. The Morgan fingerprint density at radius 2 is 1.97 bits per heavy atom. The van der Waals surface area contributed by atoms with E-state index in [0.29, 0.717) is 17.2 Å². The minimum Gasteiger partial charge on any atom is -0.497 e. The lowest BCUT2D eigenvalue weighted by Gasteiger charge is -2.38. The first-order valence-electron chi connectivity index (χ1n) is 9.45. The molecule has 5 rings (SSSR count). The quantitative estimate of drug-likeness (QED) is 0.423. The molecule has 0 amide bonds. The van der Waals surface area contributed by atoms with Gasteiger partial charge in [-0.2, -0.15) is 5.10 Å². The van der Waals surface area contributed by atoms with Crippen LogP contribution in [0.4, 0.5) is 4.39 Å². The first kappa shape index (κ1) is 19.4. The molecular weight excluding hydrogens is 471 g/mol. The van der Waals surface area contributed by atoms with E-state index in [1.165, 1.54) is 6.07 Å². The number of methoxy groups -OCH3 is 1. The number of nitrogens with zero attached hydrogens (tertiary/aromatic N) is 2. The van der Waals surface area contributed by atoms with E-state index in [2.05, 4.69) is 15.9 Å². The molecule has 0 bridgehead atoms. The van der Waals surface area contributed by atoms with Crippen LogP contribution in [0.25, 0.3) is 0 Å². The molecule has 3 aromatic carbocycles. The van der Waals surface area contributed by atoms with Crippen molar-refractivity contribution in [2.45, 2.75) is 18.7 Å². The van der Waals surface area contributed by atoms with Gasteiger partial charge in [-0.15, -0.1) is 0 Å². The molecule has 0 unspecified atom stereocenters. The van der Waals surface area contributed by atoms with Gasteiger partial charge in [0, 0.05) is 16.5 Å². The SMILES string of the molecule is COc1ccc(C2=NN3[C@@H](c4c(F)cccc4Cl)Oc4ccc(Br)cc4[C@@H]3C2)cc1. The lowest BCUT2D eigenvalue weighted by molar-refractivity contribution is -0.0211. The van der Waals surface area contributed by atoms with Crippen molar-refractivity contribution in [3.63, 3.8) is 0 Å². The van der Waals surface area contributed by atoms with Crippen molar-refractivity contribution >= 4 is 33.2 Å². The van der Waals surface area contributed by atoms with Crippen molar-refractivity contribution < 1.29 is 13.9 Å². The number of hydrazone groups is 1. The van der Waals surface area contributed by atoms with Crippen LogP contribution in [0.15, 0.2) is 70.2 Å². The molecule has 0 aliphatic carbocycles. The second-order valence-electron chi connectivity index (χ2n) is 7.16. The highest BCUT2D eigenvalue weighted by molar-refractivity contribution is 9.10. The molecule has 7 heteroatoms. The number of hydrogen-bond acceptors (Lipinski definition) is 4. The Morgan fingerprint density at radius 1 is 1.17 bits per heavy atom. The van der Waals surface area contributed by atoms with Gasteiger partial charge in [0.05, 0.1) is 29.4 Å². The van der Waals surface area contributed by atoms with Gasteiger partial charge in [-0.3, -0.25) is 0 Å². The van der Waals surface area contributed by atoms with Crippen molar-refractivity contribution in [3.8, 4) is 11.5 Å². The van der Waals surface area contributed by atoms with Crippen LogP contribution in [-0.4, -0.2) is 17.8 Å². The molecule has 2 heterocycles. The summed E-state index contributed by atoms with van der Waals surface area (Å²) in [5.41, 5.74) is 3.18. The van der Waals surface area contributed by atoms with Gasteiger partial charge in [-0.25, -0.2) is 9.40 Å². The maximum absolute atomic E-state index is 14.8. The van der Waals surface area contributed by atoms with Gasteiger partial charge in [0.15, 0.2) is 0 Å². The van der Waals surface area contributed by atoms with Gasteiger partial charge in [0.2, 0.25) is 6.23 Å². The Labute approximate surface area is 187 Å². The van der Waals surface area contributed by atoms with Crippen molar-refractivity contribution in [3.05, 3.63) is 92.7 Å². The number of benzene rings is 3. The Morgan fingerprint density at radius 3 is 2.70 bits per heavy atom. The van der Waals surface area contributed by atoms with E-state index in [1.807, 2.05) is 47.5 Å². The molecule has 4 nitrogen and oxygen atoms in total. The van der Waals surface area contributed by atoms with Crippen LogP contribution in [0.5, 0.6) is 11.5 Å². The third kappa shape index (κ3) is 3.24. The van der Waals surface area contributed by atoms with E-state index < -0.39 is 12.0 Å². The summed E-state index contributed by atoms with van der Waals surface area (Å²) in [6.07, 6.45) is -0.0880. The minimum absolute atomic E-state index is 0.0935. The number of ether oxygens (including phenoxy) is 2. The summed E-state index contributed by atoms with van der Waals surface area (Å²) in [5, 5.41) is 6.98. The van der Waals surface area contributed by atoms with E-state index in [9.17, 15) is 4.39 Å². The fourth-order valence-electron chi connectivity index (χ4n) is 3.95. The third-order valence-electron chi connectivity index (χ3n) is 5.42. The number of hydrogen-bond donors (Lipinski definition) is 0. The minimum atomic E-state index is -0.756. The van der Waals surface area contributed by atoms with E-state index >= 15 is 0 Å². The van der Waals surface area contributed by atoms with Gasteiger partial charge in [-0.05, 0) is 60.2 Å². The zero-order chi connectivity index (χ0) is 20.8. The topological polar surface area (TPSA) is 34.1 Å². The standard InChI is InChI=1S/C23H17BrClFN2O2/c1-29-15-8-5-13(6-9-15)19-12-20-16-11-14(24)7-10-21(16)30-23(28(20)27-19)22-17(25)3-2-4-18(22)26/h2-11,20,23H,12H2,1H3/t20-,23+/m0/s1. The maximum Gasteiger partial charge on any atom is 0.218 e. The third-order valence-corrected chi connectivity index (χ3v) is 6.24. The summed E-state index contributed by atoms with van der Waals surface area (Å²) in [7, 11) is 1.64. The smallest absolute Gasteiger partial charge is 0.218 e. The molecule has 0 fully saturated rings.